The van der Waals surface area contributed by atoms with Crippen molar-refractivity contribution in [1.82, 2.24) is 15.3 Å². The van der Waals surface area contributed by atoms with E-state index in [1.54, 1.807) is 23.2 Å². The molecular formula is C14H20N4OS2. The lowest BCUT2D eigenvalue weighted by Crippen LogP contribution is -2.27. The first-order valence-electron chi connectivity index (χ1n) is 6.89. The molecule has 0 aromatic carbocycles. The van der Waals surface area contributed by atoms with Crippen LogP contribution in [0, 0.1) is 6.92 Å². The van der Waals surface area contributed by atoms with Crippen molar-refractivity contribution < 1.29 is 4.79 Å². The second kappa shape index (κ2) is 7.11. The maximum Gasteiger partial charge on any atom is 0.225 e. The predicted molar refractivity (Wildman–Crippen MR) is 87.9 cm³/mol. The van der Waals surface area contributed by atoms with E-state index in [-0.39, 0.29) is 11.9 Å². The average Bonchev–Trinajstić information content (AvgIpc) is 3.06. The van der Waals surface area contributed by atoms with E-state index in [1.807, 2.05) is 19.2 Å². The van der Waals surface area contributed by atoms with E-state index in [0.717, 1.165) is 21.5 Å². The van der Waals surface area contributed by atoms with Crippen molar-refractivity contribution in [3.05, 3.63) is 27.2 Å². The monoisotopic (exact) mass is 324 g/mol. The van der Waals surface area contributed by atoms with Crippen LogP contribution in [0.1, 0.15) is 43.2 Å². The summed E-state index contributed by atoms with van der Waals surface area (Å²) in [7, 11) is 0. The molecule has 2 heterocycles. The number of nitrogens with one attached hydrogen (secondary N) is 1. The van der Waals surface area contributed by atoms with Gasteiger partial charge in [-0.25, -0.2) is 9.97 Å². The molecule has 0 saturated carbocycles. The molecule has 114 valence electrons. The van der Waals surface area contributed by atoms with E-state index in [1.165, 1.54) is 11.3 Å². The minimum atomic E-state index is 0.0259. The molecule has 5 nitrogen and oxygen atoms in total. The van der Waals surface area contributed by atoms with Crippen molar-refractivity contribution in [2.45, 2.75) is 40.3 Å². The Morgan fingerprint density at radius 2 is 2.14 bits per heavy atom. The minimum Gasteiger partial charge on any atom is -0.302 e. The minimum absolute atomic E-state index is 0.0259. The highest BCUT2D eigenvalue weighted by Crippen LogP contribution is 2.22. The van der Waals surface area contributed by atoms with E-state index in [4.69, 9.17) is 0 Å². The third-order valence-corrected chi connectivity index (χ3v) is 5.12. The smallest absolute Gasteiger partial charge is 0.225 e. The standard InChI is InChI=1S/C14H20N4OS2/c1-5-18(11(4)19)14-17-12(8-21-14)6-15-10(3)13-16-9(2)7-20-13/h7-8,10,15H,5-6H2,1-4H3. The summed E-state index contributed by atoms with van der Waals surface area (Å²) < 4.78 is 0. The van der Waals surface area contributed by atoms with Crippen LogP contribution in [0.25, 0.3) is 0 Å². The molecule has 0 spiro atoms. The Bertz CT molecular complexity index is 608. The molecule has 0 aliphatic carbocycles. The zero-order valence-electron chi connectivity index (χ0n) is 12.7. The molecule has 2 aromatic rings. The van der Waals surface area contributed by atoms with Gasteiger partial charge in [-0.3, -0.25) is 9.69 Å². The topological polar surface area (TPSA) is 58.1 Å². The SMILES string of the molecule is CCN(C(C)=O)c1nc(CNC(C)c2nc(C)cs2)cs1. The van der Waals surface area contributed by atoms with Gasteiger partial charge in [0.15, 0.2) is 5.13 Å². The van der Waals surface area contributed by atoms with Gasteiger partial charge in [0.25, 0.3) is 0 Å². The number of amides is 1. The molecule has 2 aromatic heterocycles. The van der Waals surface area contributed by atoms with E-state index in [0.29, 0.717) is 13.1 Å². The second-order valence-corrected chi connectivity index (χ2v) is 6.54. The molecule has 0 radical (unpaired) electrons. The largest absolute Gasteiger partial charge is 0.302 e. The van der Waals surface area contributed by atoms with Gasteiger partial charge in [-0.15, -0.1) is 22.7 Å². The molecule has 0 aliphatic rings. The fourth-order valence-electron chi connectivity index (χ4n) is 1.91. The molecule has 0 fully saturated rings. The van der Waals surface area contributed by atoms with Crippen LogP contribution in [-0.4, -0.2) is 22.4 Å². The van der Waals surface area contributed by atoms with Gasteiger partial charge >= 0.3 is 0 Å². The molecule has 1 N–H and O–H groups in total. The lowest BCUT2D eigenvalue weighted by molar-refractivity contribution is -0.116. The van der Waals surface area contributed by atoms with E-state index in [2.05, 4.69) is 27.6 Å². The average molecular weight is 324 g/mol. The summed E-state index contributed by atoms with van der Waals surface area (Å²) in [6.07, 6.45) is 0. The van der Waals surface area contributed by atoms with Gasteiger partial charge in [0.1, 0.15) is 5.01 Å². The molecule has 21 heavy (non-hydrogen) atoms. The summed E-state index contributed by atoms with van der Waals surface area (Å²) >= 11 is 3.17. The van der Waals surface area contributed by atoms with Crippen LogP contribution in [-0.2, 0) is 11.3 Å². The van der Waals surface area contributed by atoms with Crippen LogP contribution in [0.4, 0.5) is 5.13 Å². The fourth-order valence-corrected chi connectivity index (χ4v) is 3.67. The van der Waals surface area contributed by atoms with Crippen molar-refractivity contribution in [2.75, 3.05) is 11.4 Å². The first-order valence-corrected chi connectivity index (χ1v) is 8.65. The van der Waals surface area contributed by atoms with Crippen LogP contribution < -0.4 is 10.2 Å². The van der Waals surface area contributed by atoms with Gasteiger partial charge in [0.2, 0.25) is 5.91 Å². The molecule has 0 saturated heterocycles. The van der Waals surface area contributed by atoms with Gasteiger partial charge in [-0.2, -0.15) is 0 Å². The highest BCUT2D eigenvalue weighted by molar-refractivity contribution is 7.14. The third-order valence-electron chi connectivity index (χ3n) is 3.06. The highest BCUT2D eigenvalue weighted by Gasteiger charge is 2.14. The number of carbonyl (C=O) groups excluding carboxylic acids is 1. The summed E-state index contributed by atoms with van der Waals surface area (Å²) in [5.74, 6) is 0.0259. The Hall–Kier alpha value is -1.31. The first kappa shape index (κ1) is 16.1. The molecule has 1 atom stereocenters. The van der Waals surface area contributed by atoms with Crippen LogP contribution in [0.3, 0.4) is 0 Å². The van der Waals surface area contributed by atoms with Crippen LogP contribution in [0.2, 0.25) is 0 Å². The van der Waals surface area contributed by atoms with Gasteiger partial charge in [-0.05, 0) is 20.8 Å². The number of hydrogen-bond donors (Lipinski definition) is 1. The van der Waals surface area contributed by atoms with Gasteiger partial charge in [0.05, 0.1) is 11.7 Å². The van der Waals surface area contributed by atoms with Crippen molar-refractivity contribution in [1.29, 1.82) is 0 Å². The number of hydrogen-bond acceptors (Lipinski definition) is 6. The first-order chi connectivity index (χ1) is 10.0. The summed E-state index contributed by atoms with van der Waals surface area (Å²) in [6.45, 7) is 8.93. The fraction of sp³-hybridized carbons (Fsp3) is 0.500. The molecule has 1 amide bonds. The summed E-state index contributed by atoms with van der Waals surface area (Å²) in [6, 6.07) is 0.198. The molecular weight excluding hydrogens is 304 g/mol. The summed E-state index contributed by atoms with van der Waals surface area (Å²) in [4.78, 5) is 22.2. The van der Waals surface area contributed by atoms with Crippen LogP contribution in [0.5, 0.6) is 0 Å². The summed E-state index contributed by atoms with van der Waals surface area (Å²) in [5, 5.41) is 9.31. The molecule has 1 unspecified atom stereocenters. The van der Waals surface area contributed by atoms with Crippen LogP contribution in [0.15, 0.2) is 10.8 Å². The van der Waals surface area contributed by atoms with Crippen molar-refractivity contribution in [3.63, 3.8) is 0 Å². The van der Waals surface area contributed by atoms with E-state index >= 15 is 0 Å². The Balaban J connectivity index is 1.95. The summed E-state index contributed by atoms with van der Waals surface area (Å²) in [5.41, 5.74) is 2.01. The van der Waals surface area contributed by atoms with Gasteiger partial charge < -0.3 is 5.32 Å². The number of carbonyl (C=O) groups is 1. The van der Waals surface area contributed by atoms with E-state index in [9.17, 15) is 4.79 Å². The molecule has 2 rings (SSSR count). The van der Waals surface area contributed by atoms with Crippen molar-refractivity contribution in [2.24, 2.45) is 0 Å². The number of aryl methyl sites for hydroxylation is 1. The van der Waals surface area contributed by atoms with Gasteiger partial charge in [0, 0.05) is 36.5 Å². The Morgan fingerprint density at radius 1 is 1.38 bits per heavy atom. The van der Waals surface area contributed by atoms with Crippen molar-refractivity contribution >= 4 is 33.7 Å². The van der Waals surface area contributed by atoms with Crippen LogP contribution >= 0.6 is 22.7 Å². The quantitative estimate of drug-likeness (QED) is 0.887. The Kier molecular flexibility index (Phi) is 5.44. The normalized spacial score (nSPS) is 12.4. The Morgan fingerprint density at radius 3 is 2.71 bits per heavy atom. The molecule has 0 aliphatic heterocycles. The number of nitrogens with zero attached hydrogens (tertiary/aromatic N) is 3. The number of aromatic nitrogens is 2. The lowest BCUT2D eigenvalue weighted by Gasteiger charge is -2.14. The zero-order chi connectivity index (χ0) is 15.4. The number of rotatable bonds is 6. The Labute approximate surface area is 133 Å². The highest BCUT2D eigenvalue weighted by atomic mass is 32.1. The maximum atomic E-state index is 11.5. The zero-order valence-corrected chi connectivity index (χ0v) is 14.3. The molecule has 0 bridgehead atoms. The number of anilines is 1. The third kappa shape index (κ3) is 4.09. The predicted octanol–water partition coefficient (Wildman–Crippen LogP) is 3.13. The van der Waals surface area contributed by atoms with E-state index < -0.39 is 0 Å². The second-order valence-electron chi connectivity index (χ2n) is 4.81. The molecule has 7 heteroatoms. The maximum absolute atomic E-state index is 11.5. The number of thiazole rings is 2. The van der Waals surface area contributed by atoms with Gasteiger partial charge in [-0.1, -0.05) is 0 Å². The lowest BCUT2D eigenvalue weighted by atomic mass is 10.3. The van der Waals surface area contributed by atoms with Crippen molar-refractivity contribution in [3.8, 4) is 0 Å².